The molecule has 4 rings (SSSR count). The molecule has 0 radical (unpaired) electrons. The molecule has 0 saturated carbocycles. The lowest BCUT2D eigenvalue weighted by Crippen LogP contribution is -2.35. The summed E-state index contributed by atoms with van der Waals surface area (Å²) in [5, 5.41) is 0.258. The molecule has 2 aromatic carbocycles. The van der Waals surface area contributed by atoms with Crippen molar-refractivity contribution in [3.63, 3.8) is 0 Å². The zero-order valence-corrected chi connectivity index (χ0v) is 17.3. The number of amides is 2. The quantitative estimate of drug-likeness (QED) is 0.590. The lowest BCUT2D eigenvalue weighted by atomic mass is 10.0. The summed E-state index contributed by atoms with van der Waals surface area (Å²) < 4.78 is 14.5. The van der Waals surface area contributed by atoms with Crippen LogP contribution in [-0.2, 0) is 13.0 Å². The molecule has 0 unspecified atom stereocenters. The summed E-state index contributed by atoms with van der Waals surface area (Å²) in [7, 11) is 0. The van der Waals surface area contributed by atoms with Crippen molar-refractivity contribution in [3.8, 4) is 0 Å². The highest BCUT2D eigenvalue weighted by Gasteiger charge is 2.34. The molecule has 8 heteroatoms. The van der Waals surface area contributed by atoms with Gasteiger partial charge in [-0.1, -0.05) is 29.8 Å². The SMILES string of the molecule is NC(=O)c1ncccc1CN(C(=O)c1ccccc1N)[C@@H]1CCc2c(F)cc(Cl)cc21. The number of nitrogen functional groups attached to an aromatic ring is 1. The Morgan fingerprint density at radius 3 is 2.71 bits per heavy atom. The van der Waals surface area contributed by atoms with Crippen molar-refractivity contribution in [2.75, 3.05) is 5.73 Å². The zero-order valence-electron chi connectivity index (χ0n) is 16.5. The van der Waals surface area contributed by atoms with Gasteiger partial charge in [0.1, 0.15) is 11.5 Å². The molecule has 1 atom stereocenters. The van der Waals surface area contributed by atoms with Gasteiger partial charge in [-0.2, -0.15) is 0 Å². The highest BCUT2D eigenvalue weighted by molar-refractivity contribution is 6.30. The van der Waals surface area contributed by atoms with Crippen LogP contribution < -0.4 is 11.5 Å². The fraction of sp³-hybridized carbons (Fsp3) is 0.174. The van der Waals surface area contributed by atoms with Crippen LogP contribution in [0.2, 0.25) is 5.02 Å². The Bertz CT molecular complexity index is 1180. The molecule has 1 aliphatic carbocycles. The predicted octanol–water partition coefficient (Wildman–Crippen LogP) is 3.89. The zero-order chi connectivity index (χ0) is 22.1. The van der Waals surface area contributed by atoms with E-state index in [1.807, 2.05) is 0 Å². The molecule has 0 fully saturated rings. The third-order valence-electron chi connectivity index (χ3n) is 5.52. The molecule has 1 aromatic heterocycles. The monoisotopic (exact) mass is 438 g/mol. The van der Waals surface area contributed by atoms with E-state index >= 15 is 0 Å². The average molecular weight is 439 g/mol. The number of hydrogen-bond acceptors (Lipinski definition) is 4. The van der Waals surface area contributed by atoms with Crippen LogP contribution in [-0.4, -0.2) is 21.7 Å². The molecule has 1 heterocycles. The minimum Gasteiger partial charge on any atom is -0.398 e. The number of nitrogens with two attached hydrogens (primary N) is 2. The molecule has 0 saturated heterocycles. The smallest absolute Gasteiger partial charge is 0.267 e. The maximum atomic E-state index is 14.5. The molecule has 2 amide bonds. The second-order valence-corrected chi connectivity index (χ2v) is 7.84. The van der Waals surface area contributed by atoms with Crippen LogP contribution in [0.5, 0.6) is 0 Å². The number of aromatic nitrogens is 1. The predicted molar refractivity (Wildman–Crippen MR) is 116 cm³/mol. The van der Waals surface area contributed by atoms with Gasteiger partial charge in [-0.15, -0.1) is 0 Å². The first-order valence-corrected chi connectivity index (χ1v) is 10.1. The number of halogens is 2. The van der Waals surface area contributed by atoms with E-state index in [2.05, 4.69) is 4.98 Å². The number of pyridine rings is 1. The van der Waals surface area contributed by atoms with E-state index in [1.165, 1.54) is 12.3 Å². The average Bonchev–Trinajstić information content (AvgIpc) is 3.16. The van der Waals surface area contributed by atoms with E-state index in [-0.39, 0.29) is 23.2 Å². The maximum Gasteiger partial charge on any atom is 0.267 e. The lowest BCUT2D eigenvalue weighted by molar-refractivity contribution is 0.0657. The molecule has 0 bridgehead atoms. The summed E-state index contributed by atoms with van der Waals surface area (Å²) >= 11 is 6.11. The van der Waals surface area contributed by atoms with Crippen molar-refractivity contribution in [1.29, 1.82) is 0 Å². The van der Waals surface area contributed by atoms with Crippen molar-refractivity contribution < 1.29 is 14.0 Å². The number of benzene rings is 2. The summed E-state index contributed by atoms with van der Waals surface area (Å²) in [6.45, 7) is 0.0531. The Kier molecular flexibility index (Phi) is 5.61. The van der Waals surface area contributed by atoms with Gasteiger partial charge in [0.2, 0.25) is 0 Å². The van der Waals surface area contributed by atoms with E-state index in [0.717, 1.165) is 0 Å². The second kappa shape index (κ2) is 8.35. The van der Waals surface area contributed by atoms with E-state index < -0.39 is 17.8 Å². The lowest BCUT2D eigenvalue weighted by Gasteiger charge is -2.31. The van der Waals surface area contributed by atoms with Gasteiger partial charge in [0.05, 0.1) is 11.6 Å². The van der Waals surface area contributed by atoms with Crippen molar-refractivity contribution in [2.45, 2.75) is 25.4 Å². The normalized spacial score (nSPS) is 14.8. The van der Waals surface area contributed by atoms with Gasteiger partial charge < -0.3 is 16.4 Å². The largest absolute Gasteiger partial charge is 0.398 e. The first-order chi connectivity index (χ1) is 14.9. The first kappa shape index (κ1) is 20.8. The minimum atomic E-state index is -0.692. The standard InChI is InChI=1S/C23H20ClFN4O2/c24-14-10-17-15(18(25)11-14)7-8-20(17)29(23(31)16-5-1-2-6-19(16)26)12-13-4-3-9-28-21(13)22(27)30/h1-6,9-11,20H,7-8,12,26H2,(H2,27,30)/t20-/m1/s1. The molecule has 0 spiro atoms. The van der Waals surface area contributed by atoms with Crippen molar-refractivity contribution in [2.24, 2.45) is 5.73 Å². The summed E-state index contributed by atoms with van der Waals surface area (Å²) in [4.78, 5) is 31.1. The molecule has 3 aromatic rings. The van der Waals surface area contributed by atoms with E-state index in [0.29, 0.717) is 40.8 Å². The number of rotatable bonds is 5. The number of hydrogen-bond donors (Lipinski definition) is 2. The van der Waals surface area contributed by atoms with Crippen LogP contribution in [0.4, 0.5) is 10.1 Å². The highest BCUT2D eigenvalue weighted by atomic mass is 35.5. The molecular formula is C23H20ClFN4O2. The van der Waals surface area contributed by atoms with Gasteiger partial charge in [-0.25, -0.2) is 4.39 Å². The third kappa shape index (κ3) is 3.96. The van der Waals surface area contributed by atoms with Gasteiger partial charge in [0.25, 0.3) is 11.8 Å². The molecular weight excluding hydrogens is 419 g/mol. The van der Waals surface area contributed by atoms with Crippen molar-refractivity contribution in [1.82, 2.24) is 9.88 Å². The number of primary amides is 1. The van der Waals surface area contributed by atoms with Crippen molar-refractivity contribution in [3.05, 3.63) is 93.5 Å². The van der Waals surface area contributed by atoms with Crippen molar-refractivity contribution >= 4 is 29.1 Å². The van der Waals surface area contributed by atoms with E-state index in [9.17, 15) is 14.0 Å². The van der Waals surface area contributed by atoms with Crippen LogP contribution in [0.15, 0.2) is 54.7 Å². The third-order valence-corrected chi connectivity index (χ3v) is 5.73. The van der Waals surface area contributed by atoms with Crippen LogP contribution >= 0.6 is 11.6 Å². The van der Waals surface area contributed by atoms with Crippen LogP contribution in [0.3, 0.4) is 0 Å². The molecule has 158 valence electrons. The van der Waals surface area contributed by atoms with Crippen LogP contribution in [0, 0.1) is 5.82 Å². The topological polar surface area (TPSA) is 102 Å². The van der Waals surface area contributed by atoms with Gasteiger partial charge in [0, 0.05) is 29.0 Å². The number of anilines is 1. The number of nitrogens with zero attached hydrogens (tertiary/aromatic N) is 2. The van der Waals surface area contributed by atoms with Gasteiger partial charge in [-0.3, -0.25) is 14.6 Å². The Labute approximate surface area is 183 Å². The molecule has 4 N–H and O–H groups in total. The molecule has 6 nitrogen and oxygen atoms in total. The fourth-order valence-corrected chi connectivity index (χ4v) is 4.30. The van der Waals surface area contributed by atoms with Crippen LogP contribution in [0.1, 0.15) is 50.0 Å². The summed E-state index contributed by atoms with van der Waals surface area (Å²) in [6, 6.07) is 12.6. The Balaban J connectivity index is 1.81. The molecule has 1 aliphatic rings. The molecule has 0 aliphatic heterocycles. The fourth-order valence-electron chi connectivity index (χ4n) is 4.09. The van der Waals surface area contributed by atoms with Crippen LogP contribution in [0.25, 0.3) is 0 Å². The maximum absolute atomic E-state index is 14.5. The van der Waals surface area contributed by atoms with Gasteiger partial charge in [-0.05, 0) is 54.3 Å². The first-order valence-electron chi connectivity index (χ1n) is 9.73. The van der Waals surface area contributed by atoms with E-state index in [4.69, 9.17) is 23.1 Å². The summed E-state index contributed by atoms with van der Waals surface area (Å²) in [5.74, 6) is -1.42. The number of carbonyl (C=O) groups is 2. The minimum absolute atomic E-state index is 0.0531. The Morgan fingerprint density at radius 2 is 1.97 bits per heavy atom. The van der Waals surface area contributed by atoms with Gasteiger partial charge >= 0.3 is 0 Å². The van der Waals surface area contributed by atoms with Gasteiger partial charge in [0.15, 0.2) is 0 Å². The summed E-state index contributed by atoms with van der Waals surface area (Å²) in [6.07, 6.45) is 2.44. The second-order valence-electron chi connectivity index (χ2n) is 7.41. The van der Waals surface area contributed by atoms with E-state index in [1.54, 1.807) is 47.4 Å². The Morgan fingerprint density at radius 1 is 1.19 bits per heavy atom. The highest BCUT2D eigenvalue weighted by Crippen LogP contribution is 2.40. The number of fused-ring (bicyclic) bond motifs is 1. The Hall–Kier alpha value is -3.45. The number of para-hydroxylation sites is 1. The number of carbonyl (C=O) groups excluding carboxylic acids is 2. The summed E-state index contributed by atoms with van der Waals surface area (Å²) in [5.41, 5.74) is 13.9. The molecule has 31 heavy (non-hydrogen) atoms.